The number of nitrogens with zero attached hydrogens (tertiary/aromatic N) is 5. The molecule has 7 nitrogen and oxygen atoms in total. The molecule has 30 heavy (non-hydrogen) atoms. The summed E-state index contributed by atoms with van der Waals surface area (Å²) >= 11 is 0. The highest BCUT2D eigenvalue weighted by atomic mass is 16.1. The number of hydrogen-bond donors (Lipinski definition) is 1. The molecule has 1 aliphatic heterocycles. The smallest absolute Gasteiger partial charge is 0.253 e. The first-order valence-electron chi connectivity index (χ1n) is 10.6. The molecule has 0 unspecified atom stereocenters. The number of imidazole rings is 1. The van der Waals surface area contributed by atoms with Crippen molar-refractivity contribution >= 4 is 17.1 Å². The van der Waals surface area contributed by atoms with Gasteiger partial charge < -0.3 is 19.7 Å². The molecule has 1 N–H and O–H groups in total. The lowest BCUT2D eigenvalue weighted by atomic mass is 10.0. The van der Waals surface area contributed by atoms with Crippen LogP contribution in [0.5, 0.6) is 0 Å². The summed E-state index contributed by atoms with van der Waals surface area (Å²) in [5.41, 5.74) is 3.31. The summed E-state index contributed by atoms with van der Waals surface area (Å²) in [6.45, 7) is 4.92. The van der Waals surface area contributed by atoms with E-state index in [9.17, 15) is 4.79 Å². The van der Waals surface area contributed by atoms with Crippen LogP contribution in [0.3, 0.4) is 0 Å². The highest BCUT2D eigenvalue weighted by molar-refractivity contribution is 5.96. The summed E-state index contributed by atoms with van der Waals surface area (Å²) in [6, 6.07) is 12.3. The van der Waals surface area contributed by atoms with Crippen molar-refractivity contribution in [2.75, 3.05) is 40.3 Å². The van der Waals surface area contributed by atoms with Crippen molar-refractivity contribution in [1.29, 1.82) is 0 Å². The van der Waals surface area contributed by atoms with Crippen LogP contribution in [0.1, 0.15) is 28.8 Å². The summed E-state index contributed by atoms with van der Waals surface area (Å²) < 4.78 is 2.01. The van der Waals surface area contributed by atoms with Crippen LogP contribution in [0.4, 0.5) is 0 Å². The molecule has 2 aromatic heterocycles. The van der Waals surface area contributed by atoms with E-state index in [0.29, 0.717) is 12.1 Å². The standard InChI is InChI=1S/C23H30N6O/c1-27(2)12-13-28-10-8-20(9-11-28)26-23(30)19-14-21-22(24-15-19)29(17-25-21)16-18-6-4-3-5-7-18/h3-7,14-15,17,20H,8-13,16H2,1-2H3,(H,26,30). The summed E-state index contributed by atoms with van der Waals surface area (Å²) in [4.78, 5) is 26.4. The van der Waals surface area contributed by atoms with Crippen molar-refractivity contribution in [3.05, 3.63) is 60.0 Å². The van der Waals surface area contributed by atoms with Crippen molar-refractivity contribution in [3.63, 3.8) is 0 Å². The number of hydrogen-bond acceptors (Lipinski definition) is 5. The maximum Gasteiger partial charge on any atom is 0.253 e. The average Bonchev–Trinajstić information content (AvgIpc) is 3.16. The number of carbonyl (C=O) groups is 1. The lowest BCUT2D eigenvalue weighted by Crippen LogP contribution is -2.46. The molecule has 4 rings (SSSR count). The number of likely N-dealkylation sites (tertiary alicyclic amines) is 1. The van der Waals surface area contributed by atoms with Gasteiger partial charge in [-0.2, -0.15) is 0 Å². The second-order valence-corrected chi connectivity index (χ2v) is 8.32. The van der Waals surface area contributed by atoms with E-state index in [1.807, 2.05) is 28.8 Å². The zero-order valence-corrected chi connectivity index (χ0v) is 17.8. The van der Waals surface area contributed by atoms with Gasteiger partial charge in [-0.25, -0.2) is 9.97 Å². The monoisotopic (exact) mass is 406 g/mol. The molecular weight excluding hydrogens is 376 g/mol. The second kappa shape index (κ2) is 9.36. The first kappa shape index (κ1) is 20.5. The van der Waals surface area contributed by atoms with Gasteiger partial charge in [-0.05, 0) is 38.6 Å². The van der Waals surface area contributed by atoms with E-state index in [1.54, 1.807) is 12.5 Å². The van der Waals surface area contributed by atoms with E-state index in [1.165, 1.54) is 5.56 Å². The van der Waals surface area contributed by atoms with Crippen molar-refractivity contribution in [3.8, 4) is 0 Å². The van der Waals surface area contributed by atoms with Crippen molar-refractivity contribution in [1.82, 2.24) is 29.7 Å². The average molecular weight is 407 g/mol. The number of amides is 1. The minimum Gasteiger partial charge on any atom is -0.349 e. The molecule has 7 heteroatoms. The Morgan fingerprint density at radius 1 is 1.17 bits per heavy atom. The Kier molecular flexibility index (Phi) is 6.40. The molecule has 1 amide bonds. The number of rotatable bonds is 7. The van der Waals surface area contributed by atoms with Gasteiger partial charge in [0.1, 0.15) is 5.52 Å². The minimum absolute atomic E-state index is 0.0613. The molecule has 1 aliphatic rings. The van der Waals surface area contributed by atoms with Crippen LogP contribution in [0.25, 0.3) is 11.2 Å². The third kappa shape index (κ3) is 5.04. The van der Waals surface area contributed by atoms with Crippen molar-refractivity contribution in [2.24, 2.45) is 0 Å². The van der Waals surface area contributed by atoms with Gasteiger partial charge in [0.15, 0.2) is 5.65 Å². The van der Waals surface area contributed by atoms with Crippen molar-refractivity contribution in [2.45, 2.75) is 25.4 Å². The number of pyridine rings is 1. The Morgan fingerprint density at radius 3 is 2.67 bits per heavy atom. The SMILES string of the molecule is CN(C)CCN1CCC(NC(=O)c2cnc3c(c2)ncn3Cc2ccccc2)CC1. The largest absolute Gasteiger partial charge is 0.349 e. The molecule has 0 saturated carbocycles. The molecule has 158 valence electrons. The Morgan fingerprint density at radius 2 is 1.93 bits per heavy atom. The maximum absolute atomic E-state index is 12.7. The number of nitrogens with one attached hydrogen (secondary N) is 1. The summed E-state index contributed by atoms with van der Waals surface area (Å²) in [5, 5.41) is 3.18. The Bertz CT molecular complexity index is 976. The number of piperidine rings is 1. The second-order valence-electron chi connectivity index (χ2n) is 8.32. The zero-order valence-electron chi connectivity index (χ0n) is 17.8. The minimum atomic E-state index is -0.0613. The fourth-order valence-corrected chi connectivity index (χ4v) is 3.88. The lowest BCUT2D eigenvalue weighted by Gasteiger charge is -2.32. The topological polar surface area (TPSA) is 66.3 Å². The van der Waals surface area contributed by atoms with Crippen molar-refractivity contribution < 1.29 is 4.79 Å². The predicted octanol–water partition coefficient (Wildman–Crippen LogP) is 2.24. The van der Waals surface area contributed by atoms with Crippen LogP contribution >= 0.6 is 0 Å². The Hall–Kier alpha value is -2.77. The fourth-order valence-electron chi connectivity index (χ4n) is 3.88. The van der Waals surface area contributed by atoms with Crippen LogP contribution in [0.2, 0.25) is 0 Å². The Labute approximate surface area is 177 Å². The van der Waals surface area contributed by atoms with Gasteiger partial charge in [0, 0.05) is 38.4 Å². The highest BCUT2D eigenvalue weighted by Crippen LogP contribution is 2.15. The van der Waals surface area contributed by atoms with Crippen LogP contribution in [-0.2, 0) is 6.54 Å². The first-order chi connectivity index (χ1) is 14.6. The van der Waals surface area contributed by atoms with Crippen LogP contribution < -0.4 is 5.32 Å². The molecule has 3 aromatic rings. The van der Waals surface area contributed by atoms with E-state index < -0.39 is 0 Å². The third-order valence-electron chi connectivity index (χ3n) is 5.70. The van der Waals surface area contributed by atoms with E-state index >= 15 is 0 Å². The summed E-state index contributed by atoms with van der Waals surface area (Å²) in [6.07, 6.45) is 5.42. The van der Waals surface area contributed by atoms with Gasteiger partial charge in [-0.1, -0.05) is 30.3 Å². The van der Waals surface area contributed by atoms with Gasteiger partial charge >= 0.3 is 0 Å². The van der Waals surface area contributed by atoms with Crippen LogP contribution in [0, 0.1) is 0 Å². The molecule has 0 aliphatic carbocycles. The van der Waals surface area contributed by atoms with Crippen LogP contribution in [0.15, 0.2) is 48.9 Å². The molecule has 0 radical (unpaired) electrons. The van der Waals surface area contributed by atoms with E-state index in [0.717, 1.165) is 50.2 Å². The number of aromatic nitrogens is 3. The van der Waals surface area contributed by atoms with E-state index in [4.69, 9.17) is 0 Å². The number of benzene rings is 1. The number of fused-ring (bicyclic) bond motifs is 1. The molecule has 3 heterocycles. The molecule has 0 atom stereocenters. The lowest BCUT2D eigenvalue weighted by molar-refractivity contribution is 0.0909. The molecule has 1 fully saturated rings. The predicted molar refractivity (Wildman–Crippen MR) is 119 cm³/mol. The normalized spacial score (nSPS) is 15.7. The van der Waals surface area contributed by atoms with Gasteiger partial charge in [0.25, 0.3) is 5.91 Å². The molecule has 1 aromatic carbocycles. The Balaban J connectivity index is 1.35. The van der Waals surface area contributed by atoms with E-state index in [-0.39, 0.29) is 11.9 Å². The number of likely N-dealkylation sites (N-methyl/N-ethyl adjacent to an activating group) is 1. The van der Waals surface area contributed by atoms with Gasteiger partial charge in [-0.15, -0.1) is 0 Å². The summed E-state index contributed by atoms with van der Waals surface area (Å²) in [5.74, 6) is -0.0613. The fraction of sp³-hybridized carbons (Fsp3) is 0.435. The molecule has 0 bridgehead atoms. The highest BCUT2D eigenvalue weighted by Gasteiger charge is 2.21. The first-order valence-corrected chi connectivity index (χ1v) is 10.6. The summed E-state index contributed by atoms with van der Waals surface area (Å²) in [7, 11) is 4.20. The quantitative estimate of drug-likeness (QED) is 0.652. The number of carbonyl (C=O) groups excluding carboxylic acids is 1. The molecule has 1 saturated heterocycles. The maximum atomic E-state index is 12.7. The van der Waals surface area contributed by atoms with Crippen LogP contribution in [-0.4, -0.2) is 76.6 Å². The van der Waals surface area contributed by atoms with Gasteiger partial charge in [0.05, 0.1) is 18.4 Å². The van der Waals surface area contributed by atoms with E-state index in [2.05, 4.69) is 51.3 Å². The zero-order chi connectivity index (χ0) is 20.9. The third-order valence-corrected chi connectivity index (χ3v) is 5.70. The van der Waals surface area contributed by atoms with Gasteiger partial charge in [0.2, 0.25) is 0 Å². The molecular formula is C23H30N6O. The van der Waals surface area contributed by atoms with Gasteiger partial charge in [-0.3, -0.25) is 4.79 Å². The molecule has 0 spiro atoms.